The zero-order valence-corrected chi connectivity index (χ0v) is 10.7. The Balaban J connectivity index is 2.20. The number of non-ortho nitro benzene ring substituents is 1. The van der Waals surface area contributed by atoms with Gasteiger partial charge in [0.2, 0.25) is 0 Å². The fraction of sp³-hybridized carbons (Fsp3) is 0.250. The SMILES string of the molecule is COc1ccc([N+](=O)[O-])cc1NCc1ccnn1C. The van der Waals surface area contributed by atoms with E-state index in [-0.39, 0.29) is 5.69 Å². The minimum absolute atomic E-state index is 0.0216. The molecule has 2 aromatic rings. The van der Waals surface area contributed by atoms with Crippen molar-refractivity contribution in [2.24, 2.45) is 7.05 Å². The summed E-state index contributed by atoms with van der Waals surface area (Å²) in [6, 6.07) is 6.31. The maximum absolute atomic E-state index is 10.8. The number of anilines is 1. The van der Waals surface area contributed by atoms with Gasteiger partial charge >= 0.3 is 0 Å². The van der Waals surface area contributed by atoms with Gasteiger partial charge < -0.3 is 10.1 Å². The van der Waals surface area contributed by atoms with Gasteiger partial charge in [-0.15, -0.1) is 0 Å². The maximum atomic E-state index is 10.8. The predicted octanol–water partition coefficient (Wildman–Crippen LogP) is 1.95. The summed E-state index contributed by atoms with van der Waals surface area (Å²) in [4.78, 5) is 10.3. The summed E-state index contributed by atoms with van der Waals surface area (Å²) in [6.07, 6.45) is 1.70. The number of nitrogens with one attached hydrogen (secondary N) is 1. The summed E-state index contributed by atoms with van der Waals surface area (Å²) in [5, 5.41) is 17.9. The third-order valence-electron chi connectivity index (χ3n) is 2.78. The average molecular weight is 262 g/mol. The third-order valence-corrected chi connectivity index (χ3v) is 2.78. The number of aromatic nitrogens is 2. The molecule has 1 aromatic carbocycles. The van der Waals surface area contributed by atoms with Crippen LogP contribution < -0.4 is 10.1 Å². The first kappa shape index (κ1) is 12.9. The minimum Gasteiger partial charge on any atom is -0.495 e. The van der Waals surface area contributed by atoms with Crippen LogP contribution in [0.3, 0.4) is 0 Å². The molecule has 1 N–H and O–H groups in total. The van der Waals surface area contributed by atoms with E-state index < -0.39 is 4.92 Å². The molecule has 0 aliphatic carbocycles. The highest BCUT2D eigenvalue weighted by Gasteiger charge is 2.11. The molecule has 0 radical (unpaired) electrons. The topological polar surface area (TPSA) is 82.2 Å². The molecule has 0 aliphatic rings. The molecule has 7 heteroatoms. The van der Waals surface area contributed by atoms with Crippen LogP contribution in [-0.2, 0) is 13.6 Å². The van der Waals surface area contributed by atoms with Crippen LogP contribution in [0.25, 0.3) is 0 Å². The van der Waals surface area contributed by atoms with Crippen molar-refractivity contribution in [2.75, 3.05) is 12.4 Å². The lowest BCUT2D eigenvalue weighted by atomic mass is 10.2. The number of nitro groups is 1. The summed E-state index contributed by atoms with van der Waals surface area (Å²) >= 11 is 0. The Bertz CT molecular complexity index is 594. The van der Waals surface area contributed by atoms with E-state index in [9.17, 15) is 10.1 Å². The number of hydrogen-bond donors (Lipinski definition) is 1. The molecule has 0 spiro atoms. The van der Waals surface area contributed by atoms with E-state index in [0.29, 0.717) is 18.0 Å². The van der Waals surface area contributed by atoms with Gasteiger partial charge in [-0.05, 0) is 12.1 Å². The van der Waals surface area contributed by atoms with Gasteiger partial charge in [-0.25, -0.2) is 0 Å². The van der Waals surface area contributed by atoms with Gasteiger partial charge in [0.25, 0.3) is 5.69 Å². The first-order valence-electron chi connectivity index (χ1n) is 5.65. The van der Waals surface area contributed by atoms with E-state index in [2.05, 4.69) is 10.4 Å². The van der Waals surface area contributed by atoms with Crippen LogP contribution in [0.4, 0.5) is 11.4 Å². The van der Waals surface area contributed by atoms with E-state index in [1.54, 1.807) is 16.9 Å². The molecule has 0 fully saturated rings. The van der Waals surface area contributed by atoms with Crippen molar-refractivity contribution in [3.05, 3.63) is 46.3 Å². The Labute approximate surface area is 110 Å². The lowest BCUT2D eigenvalue weighted by molar-refractivity contribution is -0.384. The molecule has 0 saturated carbocycles. The van der Waals surface area contributed by atoms with Gasteiger partial charge in [0.1, 0.15) is 5.75 Å². The second-order valence-corrected chi connectivity index (χ2v) is 3.94. The fourth-order valence-corrected chi connectivity index (χ4v) is 1.71. The number of aryl methyl sites for hydroxylation is 1. The van der Waals surface area contributed by atoms with E-state index in [0.717, 1.165) is 5.69 Å². The number of benzene rings is 1. The predicted molar refractivity (Wildman–Crippen MR) is 70.2 cm³/mol. The highest BCUT2D eigenvalue weighted by atomic mass is 16.6. The van der Waals surface area contributed by atoms with Crippen molar-refractivity contribution in [2.45, 2.75) is 6.54 Å². The van der Waals surface area contributed by atoms with Crippen LogP contribution in [0.15, 0.2) is 30.5 Å². The van der Waals surface area contributed by atoms with Gasteiger partial charge in [0, 0.05) is 25.4 Å². The van der Waals surface area contributed by atoms with Crippen LogP contribution >= 0.6 is 0 Å². The lowest BCUT2D eigenvalue weighted by Crippen LogP contribution is -2.06. The zero-order chi connectivity index (χ0) is 13.8. The summed E-state index contributed by atoms with van der Waals surface area (Å²) in [5.41, 5.74) is 1.57. The molecule has 0 bridgehead atoms. The average Bonchev–Trinajstić information content (AvgIpc) is 2.81. The van der Waals surface area contributed by atoms with Crippen LogP contribution in [0, 0.1) is 10.1 Å². The molecule has 19 heavy (non-hydrogen) atoms. The maximum Gasteiger partial charge on any atom is 0.271 e. The van der Waals surface area contributed by atoms with Crippen molar-refractivity contribution in [1.29, 1.82) is 0 Å². The molecule has 2 rings (SSSR count). The summed E-state index contributed by atoms with van der Waals surface area (Å²) < 4.78 is 6.91. The molecule has 0 saturated heterocycles. The second-order valence-electron chi connectivity index (χ2n) is 3.94. The summed E-state index contributed by atoms with van der Waals surface area (Å²) in [5.74, 6) is 0.563. The first-order valence-corrected chi connectivity index (χ1v) is 5.65. The van der Waals surface area contributed by atoms with Crippen molar-refractivity contribution < 1.29 is 9.66 Å². The highest BCUT2D eigenvalue weighted by molar-refractivity contribution is 5.61. The third kappa shape index (κ3) is 2.82. The summed E-state index contributed by atoms with van der Waals surface area (Å²) in [7, 11) is 3.36. The molecular weight excluding hydrogens is 248 g/mol. The largest absolute Gasteiger partial charge is 0.495 e. The molecule has 0 aliphatic heterocycles. The van der Waals surface area contributed by atoms with Crippen LogP contribution in [0.2, 0.25) is 0 Å². The summed E-state index contributed by atoms with van der Waals surface area (Å²) in [6.45, 7) is 0.508. The van der Waals surface area contributed by atoms with E-state index in [1.165, 1.54) is 19.2 Å². The van der Waals surface area contributed by atoms with Gasteiger partial charge in [-0.2, -0.15) is 5.10 Å². The Morgan fingerprint density at radius 2 is 2.26 bits per heavy atom. The van der Waals surface area contributed by atoms with Crippen LogP contribution in [0.1, 0.15) is 5.69 Å². The quantitative estimate of drug-likeness (QED) is 0.657. The zero-order valence-electron chi connectivity index (χ0n) is 10.7. The number of hydrogen-bond acceptors (Lipinski definition) is 5. The van der Waals surface area contributed by atoms with E-state index in [1.807, 2.05) is 13.1 Å². The molecule has 7 nitrogen and oxygen atoms in total. The van der Waals surface area contributed by atoms with Crippen molar-refractivity contribution in [1.82, 2.24) is 9.78 Å². The number of nitrogens with zero attached hydrogens (tertiary/aromatic N) is 3. The smallest absolute Gasteiger partial charge is 0.271 e. The number of methoxy groups -OCH3 is 1. The molecule has 1 aromatic heterocycles. The van der Waals surface area contributed by atoms with E-state index >= 15 is 0 Å². The molecular formula is C12H14N4O3. The fourth-order valence-electron chi connectivity index (χ4n) is 1.71. The monoisotopic (exact) mass is 262 g/mol. The Hall–Kier alpha value is -2.57. The Morgan fingerprint density at radius 1 is 1.47 bits per heavy atom. The molecule has 0 unspecified atom stereocenters. The first-order chi connectivity index (χ1) is 9.11. The Morgan fingerprint density at radius 3 is 2.84 bits per heavy atom. The van der Waals surface area contributed by atoms with Gasteiger partial charge in [0.05, 0.1) is 30.0 Å². The van der Waals surface area contributed by atoms with Crippen LogP contribution in [-0.4, -0.2) is 21.8 Å². The highest BCUT2D eigenvalue weighted by Crippen LogP contribution is 2.29. The van der Waals surface area contributed by atoms with Crippen LogP contribution in [0.5, 0.6) is 5.75 Å². The van der Waals surface area contributed by atoms with Gasteiger partial charge in [0.15, 0.2) is 0 Å². The normalized spacial score (nSPS) is 10.2. The van der Waals surface area contributed by atoms with Crippen molar-refractivity contribution in [3.63, 3.8) is 0 Å². The lowest BCUT2D eigenvalue weighted by Gasteiger charge is -2.11. The Kier molecular flexibility index (Phi) is 3.65. The number of ether oxygens (including phenoxy) is 1. The number of nitro benzene ring substituents is 1. The molecule has 100 valence electrons. The molecule has 1 heterocycles. The van der Waals surface area contributed by atoms with Crippen molar-refractivity contribution >= 4 is 11.4 Å². The number of rotatable bonds is 5. The van der Waals surface area contributed by atoms with E-state index in [4.69, 9.17) is 4.74 Å². The van der Waals surface area contributed by atoms with Crippen molar-refractivity contribution in [3.8, 4) is 5.75 Å². The standard InChI is InChI=1S/C12H14N4O3/c1-15-10(5-6-14-15)8-13-11-7-9(16(17)18)3-4-12(11)19-2/h3-7,13H,8H2,1-2H3. The minimum atomic E-state index is -0.436. The molecule has 0 atom stereocenters. The van der Waals surface area contributed by atoms with Gasteiger partial charge in [-0.3, -0.25) is 14.8 Å². The van der Waals surface area contributed by atoms with Gasteiger partial charge in [-0.1, -0.05) is 0 Å². The second kappa shape index (κ2) is 5.38. The molecule has 0 amide bonds.